The number of para-hydroxylation sites is 1. The number of carbonyl (C=O) groups is 1. The van der Waals surface area contributed by atoms with Crippen LogP contribution in [0.15, 0.2) is 53.1 Å². The zero-order chi connectivity index (χ0) is 17.6. The predicted molar refractivity (Wildman–Crippen MR) is 85.2 cm³/mol. The van der Waals surface area contributed by atoms with Gasteiger partial charge in [0.25, 0.3) is 11.8 Å². The van der Waals surface area contributed by atoms with E-state index in [1.54, 1.807) is 24.3 Å². The summed E-state index contributed by atoms with van der Waals surface area (Å²) < 4.78 is 28.9. The fraction of sp³-hybridized carbons (Fsp3) is 0.118. The van der Waals surface area contributed by atoms with E-state index in [1.807, 2.05) is 0 Å². The third kappa shape index (κ3) is 4.31. The maximum atomic E-state index is 12.9. The standard InChI is InChI=1S/C17H14FN3O4/c18-11-5-7-12(8-6-11)23-10-16-20-17(25-21-16)13-3-1-2-4-14(13)24-9-15(19)22/h1-8H,9-10H2,(H2,19,22). The molecule has 0 unspecified atom stereocenters. The highest BCUT2D eigenvalue weighted by Gasteiger charge is 2.14. The minimum Gasteiger partial charge on any atom is -0.485 e. The summed E-state index contributed by atoms with van der Waals surface area (Å²) in [6.07, 6.45) is 0. The minimum absolute atomic E-state index is 0.0550. The van der Waals surface area contributed by atoms with Gasteiger partial charge in [0.05, 0.1) is 5.56 Å². The average Bonchev–Trinajstić information content (AvgIpc) is 3.08. The topological polar surface area (TPSA) is 100 Å². The van der Waals surface area contributed by atoms with Crippen LogP contribution >= 0.6 is 0 Å². The highest BCUT2D eigenvalue weighted by Crippen LogP contribution is 2.28. The van der Waals surface area contributed by atoms with Gasteiger partial charge >= 0.3 is 0 Å². The molecular formula is C17H14FN3O4. The zero-order valence-electron chi connectivity index (χ0n) is 13.0. The number of benzene rings is 2. The molecule has 7 nitrogen and oxygen atoms in total. The molecule has 2 aromatic carbocycles. The van der Waals surface area contributed by atoms with Gasteiger partial charge in [-0.3, -0.25) is 4.79 Å². The summed E-state index contributed by atoms with van der Waals surface area (Å²) in [5, 5.41) is 3.83. The third-order valence-electron chi connectivity index (χ3n) is 3.14. The number of amides is 1. The summed E-state index contributed by atoms with van der Waals surface area (Å²) in [6.45, 7) is -0.203. The van der Waals surface area contributed by atoms with Crippen molar-refractivity contribution in [2.45, 2.75) is 6.61 Å². The molecule has 2 N–H and O–H groups in total. The van der Waals surface area contributed by atoms with Gasteiger partial charge < -0.3 is 19.7 Å². The molecule has 0 saturated heterocycles. The molecule has 0 aliphatic rings. The Morgan fingerprint density at radius 1 is 1.12 bits per heavy atom. The molecule has 8 heteroatoms. The van der Waals surface area contributed by atoms with Crippen LogP contribution in [0.2, 0.25) is 0 Å². The van der Waals surface area contributed by atoms with Gasteiger partial charge in [-0.1, -0.05) is 17.3 Å². The Kier molecular flexibility index (Phi) is 4.89. The number of nitrogens with two attached hydrogens (primary N) is 1. The summed E-state index contributed by atoms with van der Waals surface area (Å²) in [5.41, 5.74) is 5.61. The van der Waals surface area contributed by atoms with Crippen molar-refractivity contribution in [1.82, 2.24) is 10.1 Å². The Balaban J connectivity index is 1.71. The maximum Gasteiger partial charge on any atom is 0.261 e. The van der Waals surface area contributed by atoms with E-state index < -0.39 is 5.91 Å². The predicted octanol–water partition coefficient (Wildman–Crippen LogP) is 2.32. The second kappa shape index (κ2) is 7.43. The summed E-state index contributed by atoms with van der Waals surface area (Å²) in [6, 6.07) is 12.5. The summed E-state index contributed by atoms with van der Waals surface area (Å²) in [7, 11) is 0. The SMILES string of the molecule is NC(=O)COc1ccccc1-c1nc(COc2ccc(F)cc2)no1. The van der Waals surface area contributed by atoms with E-state index >= 15 is 0 Å². The van der Waals surface area contributed by atoms with E-state index in [0.29, 0.717) is 22.9 Å². The second-order valence-corrected chi connectivity index (χ2v) is 5.01. The van der Waals surface area contributed by atoms with Crippen molar-refractivity contribution >= 4 is 5.91 Å². The van der Waals surface area contributed by atoms with Crippen molar-refractivity contribution in [1.29, 1.82) is 0 Å². The van der Waals surface area contributed by atoms with E-state index in [0.717, 1.165) is 0 Å². The largest absolute Gasteiger partial charge is 0.485 e. The number of hydrogen-bond acceptors (Lipinski definition) is 6. The van der Waals surface area contributed by atoms with Gasteiger partial charge in [-0.05, 0) is 36.4 Å². The molecule has 1 amide bonds. The first-order valence-electron chi connectivity index (χ1n) is 7.33. The van der Waals surface area contributed by atoms with Crippen LogP contribution in [0.3, 0.4) is 0 Å². The van der Waals surface area contributed by atoms with Crippen LogP contribution in [-0.4, -0.2) is 22.7 Å². The van der Waals surface area contributed by atoms with E-state index in [1.165, 1.54) is 24.3 Å². The highest BCUT2D eigenvalue weighted by atomic mass is 19.1. The number of carbonyl (C=O) groups excluding carboxylic acids is 1. The first kappa shape index (κ1) is 16.4. The summed E-state index contributed by atoms with van der Waals surface area (Å²) >= 11 is 0. The zero-order valence-corrected chi connectivity index (χ0v) is 13.0. The normalized spacial score (nSPS) is 10.4. The molecule has 128 valence electrons. The summed E-state index contributed by atoms with van der Waals surface area (Å²) in [5.74, 6) is 0.478. The van der Waals surface area contributed by atoms with Crippen LogP contribution in [-0.2, 0) is 11.4 Å². The van der Waals surface area contributed by atoms with Crippen LogP contribution in [0.25, 0.3) is 11.5 Å². The van der Waals surface area contributed by atoms with E-state index in [-0.39, 0.29) is 24.9 Å². The number of aromatic nitrogens is 2. The number of nitrogens with zero attached hydrogens (tertiary/aromatic N) is 2. The smallest absolute Gasteiger partial charge is 0.261 e. The van der Waals surface area contributed by atoms with Crippen LogP contribution in [0.1, 0.15) is 5.82 Å². The van der Waals surface area contributed by atoms with E-state index in [9.17, 15) is 9.18 Å². The molecule has 3 rings (SSSR count). The van der Waals surface area contributed by atoms with Gasteiger partial charge in [-0.25, -0.2) is 4.39 Å². The van der Waals surface area contributed by atoms with Crippen molar-refractivity contribution in [3.63, 3.8) is 0 Å². The fourth-order valence-corrected chi connectivity index (χ4v) is 2.02. The monoisotopic (exact) mass is 343 g/mol. The Labute approximate surface area is 142 Å². The van der Waals surface area contributed by atoms with E-state index in [2.05, 4.69) is 10.1 Å². The lowest BCUT2D eigenvalue weighted by Gasteiger charge is -2.06. The Hall–Kier alpha value is -3.42. The Morgan fingerprint density at radius 2 is 1.88 bits per heavy atom. The molecule has 0 saturated carbocycles. The molecule has 0 aliphatic heterocycles. The number of halogens is 1. The molecule has 0 spiro atoms. The van der Waals surface area contributed by atoms with Crippen LogP contribution in [0, 0.1) is 5.82 Å². The molecule has 0 fully saturated rings. The van der Waals surface area contributed by atoms with Gasteiger partial charge in [0.2, 0.25) is 5.82 Å². The molecule has 0 radical (unpaired) electrons. The molecule has 0 bridgehead atoms. The fourth-order valence-electron chi connectivity index (χ4n) is 2.02. The van der Waals surface area contributed by atoms with Crippen molar-refractivity contribution in [3.05, 3.63) is 60.2 Å². The molecule has 0 atom stereocenters. The van der Waals surface area contributed by atoms with Crippen LogP contribution < -0.4 is 15.2 Å². The first-order valence-corrected chi connectivity index (χ1v) is 7.33. The number of ether oxygens (including phenoxy) is 2. The molecule has 3 aromatic rings. The second-order valence-electron chi connectivity index (χ2n) is 5.01. The van der Waals surface area contributed by atoms with Crippen molar-refractivity contribution in [2.24, 2.45) is 5.73 Å². The first-order chi connectivity index (χ1) is 12.1. The van der Waals surface area contributed by atoms with Crippen molar-refractivity contribution < 1.29 is 23.2 Å². The Bertz CT molecular complexity index is 864. The van der Waals surface area contributed by atoms with Gasteiger partial charge in [0.1, 0.15) is 17.3 Å². The number of rotatable bonds is 7. The van der Waals surface area contributed by atoms with Crippen LogP contribution in [0.5, 0.6) is 11.5 Å². The molecule has 25 heavy (non-hydrogen) atoms. The minimum atomic E-state index is -0.589. The van der Waals surface area contributed by atoms with Gasteiger partial charge in [0.15, 0.2) is 13.2 Å². The number of primary amides is 1. The highest BCUT2D eigenvalue weighted by molar-refractivity contribution is 5.75. The lowest BCUT2D eigenvalue weighted by Crippen LogP contribution is -2.20. The lowest BCUT2D eigenvalue weighted by molar-refractivity contribution is -0.119. The van der Waals surface area contributed by atoms with Crippen molar-refractivity contribution in [3.8, 4) is 23.0 Å². The lowest BCUT2D eigenvalue weighted by atomic mass is 10.2. The summed E-state index contributed by atoms with van der Waals surface area (Å²) in [4.78, 5) is 15.1. The molecule has 1 heterocycles. The Morgan fingerprint density at radius 3 is 2.64 bits per heavy atom. The van der Waals surface area contributed by atoms with E-state index in [4.69, 9.17) is 19.7 Å². The average molecular weight is 343 g/mol. The molecular weight excluding hydrogens is 329 g/mol. The van der Waals surface area contributed by atoms with Crippen molar-refractivity contribution in [2.75, 3.05) is 6.61 Å². The van der Waals surface area contributed by atoms with Gasteiger partial charge in [-0.15, -0.1) is 0 Å². The third-order valence-corrected chi connectivity index (χ3v) is 3.14. The molecule has 1 aromatic heterocycles. The maximum absolute atomic E-state index is 12.9. The van der Waals surface area contributed by atoms with Crippen LogP contribution in [0.4, 0.5) is 4.39 Å². The molecule has 0 aliphatic carbocycles. The number of hydrogen-bond donors (Lipinski definition) is 1. The van der Waals surface area contributed by atoms with Gasteiger partial charge in [0, 0.05) is 0 Å². The quantitative estimate of drug-likeness (QED) is 0.706. The van der Waals surface area contributed by atoms with Gasteiger partial charge in [-0.2, -0.15) is 4.98 Å².